The molecule has 142 valence electrons. The maximum absolute atomic E-state index is 12.6. The van der Waals surface area contributed by atoms with Crippen LogP contribution in [0.25, 0.3) is 16.7 Å². The van der Waals surface area contributed by atoms with Crippen LogP contribution in [0.3, 0.4) is 0 Å². The quantitative estimate of drug-likeness (QED) is 0.529. The Bertz CT molecular complexity index is 1200. The second kappa shape index (κ2) is 7.66. The largest absolute Gasteiger partial charge is 0.381 e. The van der Waals surface area contributed by atoms with Gasteiger partial charge in [0.05, 0.1) is 28.6 Å². The Labute approximate surface area is 171 Å². The number of hydrogen-bond acceptors (Lipinski definition) is 4. The number of anilines is 1. The van der Waals surface area contributed by atoms with E-state index in [4.69, 9.17) is 23.2 Å². The second-order valence-electron chi connectivity index (χ2n) is 6.29. The van der Waals surface area contributed by atoms with Crippen LogP contribution in [0.2, 0.25) is 10.0 Å². The van der Waals surface area contributed by atoms with E-state index in [-0.39, 0.29) is 5.02 Å². The summed E-state index contributed by atoms with van der Waals surface area (Å²) in [5, 5.41) is 8.09. The van der Waals surface area contributed by atoms with Gasteiger partial charge in [0, 0.05) is 18.1 Å². The number of hydrogen-bond donors (Lipinski definition) is 1. The Hall–Kier alpha value is -2.83. The van der Waals surface area contributed by atoms with E-state index in [1.165, 1.54) is 4.68 Å². The van der Waals surface area contributed by atoms with Gasteiger partial charge in [0.25, 0.3) is 5.56 Å². The van der Waals surface area contributed by atoms with E-state index in [2.05, 4.69) is 20.0 Å². The number of aromatic nitrogens is 4. The van der Waals surface area contributed by atoms with E-state index in [0.29, 0.717) is 29.5 Å². The lowest BCUT2D eigenvalue weighted by Gasteiger charge is -2.12. The molecule has 0 spiro atoms. The van der Waals surface area contributed by atoms with Crippen molar-refractivity contribution in [3.05, 3.63) is 81.0 Å². The lowest BCUT2D eigenvalue weighted by atomic mass is 10.3. The summed E-state index contributed by atoms with van der Waals surface area (Å²) in [5.41, 5.74) is 2.75. The van der Waals surface area contributed by atoms with Crippen molar-refractivity contribution >= 4 is 39.9 Å². The van der Waals surface area contributed by atoms with Gasteiger partial charge >= 0.3 is 0 Å². The van der Waals surface area contributed by atoms with Crippen LogP contribution < -0.4 is 10.9 Å². The van der Waals surface area contributed by atoms with Crippen molar-refractivity contribution < 1.29 is 0 Å². The van der Waals surface area contributed by atoms with Gasteiger partial charge in [-0.3, -0.25) is 4.79 Å². The first-order chi connectivity index (χ1) is 13.5. The summed E-state index contributed by atoms with van der Waals surface area (Å²) in [6, 6.07) is 14.8. The number of rotatable bonds is 5. The van der Waals surface area contributed by atoms with Crippen molar-refractivity contribution in [2.75, 3.05) is 11.9 Å². The van der Waals surface area contributed by atoms with Crippen LogP contribution in [-0.4, -0.2) is 25.9 Å². The fourth-order valence-corrected chi connectivity index (χ4v) is 3.42. The Kier molecular flexibility index (Phi) is 5.07. The number of benzene rings is 2. The molecule has 0 unspecified atom stereocenters. The summed E-state index contributed by atoms with van der Waals surface area (Å²) in [6.45, 7) is 3.23. The van der Waals surface area contributed by atoms with Crippen molar-refractivity contribution in [1.29, 1.82) is 0 Å². The highest BCUT2D eigenvalue weighted by Crippen LogP contribution is 2.19. The van der Waals surface area contributed by atoms with Gasteiger partial charge in [-0.2, -0.15) is 9.78 Å². The van der Waals surface area contributed by atoms with Crippen LogP contribution in [0.15, 0.2) is 59.5 Å². The van der Waals surface area contributed by atoms with Gasteiger partial charge in [-0.15, -0.1) is 0 Å². The van der Waals surface area contributed by atoms with Gasteiger partial charge in [0.2, 0.25) is 0 Å². The molecule has 0 amide bonds. The standard InChI is InChI=1S/C20H17Cl2N5O/c1-13-25-16-4-2-3-5-18(16)26(13)11-10-23-17-12-24-27(20(28)19(17)22)15-8-6-14(21)7-9-15/h2-9,12,23H,10-11H2,1H3. The molecule has 6 nitrogen and oxygen atoms in total. The van der Waals surface area contributed by atoms with Gasteiger partial charge in [0.15, 0.2) is 0 Å². The van der Waals surface area contributed by atoms with E-state index in [1.54, 1.807) is 30.5 Å². The Morgan fingerprint density at radius 3 is 2.61 bits per heavy atom. The molecule has 0 saturated carbocycles. The number of nitrogens with zero attached hydrogens (tertiary/aromatic N) is 4. The normalized spacial score (nSPS) is 11.1. The lowest BCUT2D eigenvalue weighted by molar-refractivity contribution is 0.720. The highest BCUT2D eigenvalue weighted by Gasteiger charge is 2.11. The fraction of sp³-hybridized carbons (Fsp3) is 0.150. The summed E-state index contributed by atoms with van der Waals surface area (Å²) in [5.74, 6) is 0.936. The summed E-state index contributed by atoms with van der Waals surface area (Å²) in [6.07, 6.45) is 1.55. The molecule has 0 bridgehead atoms. The van der Waals surface area contributed by atoms with Crippen molar-refractivity contribution in [3.8, 4) is 5.69 Å². The molecule has 2 aromatic carbocycles. The third kappa shape index (κ3) is 3.48. The predicted octanol–water partition coefficient (Wildman–Crippen LogP) is 4.31. The molecule has 0 atom stereocenters. The Morgan fingerprint density at radius 2 is 1.82 bits per heavy atom. The van der Waals surface area contributed by atoms with Crippen LogP contribution >= 0.6 is 23.2 Å². The Balaban J connectivity index is 1.52. The van der Waals surface area contributed by atoms with E-state index >= 15 is 0 Å². The third-order valence-corrected chi connectivity index (χ3v) is 5.10. The molecule has 4 aromatic rings. The maximum atomic E-state index is 12.6. The first-order valence-corrected chi connectivity index (χ1v) is 9.50. The van der Waals surface area contributed by atoms with Crippen LogP contribution in [0.5, 0.6) is 0 Å². The van der Waals surface area contributed by atoms with Gasteiger partial charge in [-0.1, -0.05) is 35.3 Å². The smallest absolute Gasteiger partial charge is 0.292 e. The zero-order valence-corrected chi connectivity index (χ0v) is 16.6. The van der Waals surface area contributed by atoms with Gasteiger partial charge in [-0.05, 0) is 43.3 Å². The summed E-state index contributed by atoms with van der Waals surface area (Å²) in [4.78, 5) is 17.1. The number of para-hydroxylation sites is 2. The Morgan fingerprint density at radius 1 is 1.07 bits per heavy atom. The predicted molar refractivity (Wildman–Crippen MR) is 113 cm³/mol. The zero-order chi connectivity index (χ0) is 19.7. The minimum absolute atomic E-state index is 0.0946. The zero-order valence-electron chi connectivity index (χ0n) is 15.1. The highest BCUT2D eigenvalue weighted by molar-refractivity contribution is 6.33. The van der Waals surface area contributed by atoms with Crippen LogP contribution in [-0.2, 0) is 6.54 Å². The number of fused-ring (bicyclic) bond motifs is 1. The second-order valence-corrected chi connectivity index (χ2v) is 7.11. The van der Waals surface area contributed by atoms with Crippen LogP contribution in [0, 0.1) is 6.92 Å². The third-order valence-electron chi connectivity index (χ3n) is 4.49. The molecular formula is C20H17Cl2N5O. The first kappa shape index (κ1) is 18.5. The molecular weight excluding hydrogens is 397 g/mol. The molecule has 0 saturated heterocycles. The lowest BCUT2D eigenvalue weighted by Crippen LogP contribution is -2.23. The monoisotopic (exact) mass is 413 g/mol. The van der Waals surface area contributed by atoms with E-state index < -0.39 is 5.56 Å². The van der Waals surface area contributed by atoms with Crippen molar-refractivity contribution in [1.82, 2.24) is 19.3 Å². The van der Waals surface area contributed by atoms with E-state index in [0.717, 1.165) is 16.9 Å². The molecule has 0 aliphatic heterocycles. The van der Waals surface area contributed by atoms with Gasteiger partial charge in [-0.25, -0.2) is 4.98 Å². The number of nitrogens with one attached hydrogen (secondary N) is 1. The molecule has 2 heterocycles. The van der Waals surface area contributed by atoms with Crippen molar-refractivity contribution in [2.45, 2.75) is 13.5 Å². The van der Waals surface area contributed by atoms with Crippen molar-refractivity contribution in [2.24, 2.45) is 0 Å². The average Bonchev–Trinajstić information content (AvgIpc) is 3.01. The minimum Gasteiger partial charge on any atom is -0.381 e. The SMILES string of the molecule is Cc1nc2ccccc2n1CCNc1cnn(-c2ccc(Cl)cc2)c(=O)c1Cl. The van der Waals surface area contributed by atoms with E-state index in [1.807, 2.05) is 31.2 Å². The molecule has 0 radical (unpaired) electrons. The highest BCUT2D eigenvalue weighted by atomic mass is 35.5. The van der Waals surface area contributed by atoms with Gasteiger partial charge in [0.1, 0.15) is 10.8 Å². The number of halogens is 2. The molecule has 0 aliphatic carbocycles. The topological polar surface area (TPSA) is 64.7 Å². The van der Waals surface area contributed by atoms with Gasteiger partial charge < -0.3 is 9.88 Å². The maximum Gasteiger partial charge on any atom is 0.292 e. The minimum atomic E-state index is -0.391. The van der Waals surface area contributed by atoms with Crippen LogP contribution in [0.1, 0.15) is 5.82 Å². The number of imidazole rings is 1. The molecule has 28 heavy (non-hydrogen) atoms. The van der Waals surface area contributed by atoms with Crippen LogP contribution in [0.4, 0.5) is 5.69 Å². The molecule has 0 aliphatic rings. The van der Waals surface area contributed by atoms with E-state index in [9.17, 15) is 4.79 Å². The molecule has 2 aromatic heterocycles. The summed E-state index contributed by atoms with van der Waals surface area (Å²) in [7, 11) is 0. The average molecular weight is 414 g/mol. The number of aryl methyl sites for hydroxylation is 1. The summed E-state index contributed by atoms with van der Waals surface area (Å²) < 4.78 is 3.37. The molecule has 0 fully saturated rings. The molecule has 4 rings (SSSR count). The first-order valence-electron chi connectivity index (χ1n) is 8.74. The molecule has 8 heteroatoms. The van der Waals surface area contributed by atoms with Crippen molar-refractivity contribution in [3.63, 3.8) is 0 Å². The molecule has 1 N–H and O–H groups in total. The fourth-order valence-electron chi connectivity index (χ4n) is 3.10. The summed E-state index contributed by atoms with van der Waals surface area (Å²) >= 11 is 12.2.